The molecule has 2 rings (SSSR count). The van der Waals surface area contributed by atoms with E-state index in [-0.39, 0.29) is 11.1 Å². The number of aromatic nitrogens is 1. The molecule has 0 saturated heterocycles. The van der Waals surface area contributed by atoms with Crippen molar-refractivity contribution >= 4 is 5.69 Å². The number of nitro groups is 1. The zero-order valence-electron chi connectivity index (χ0n) is 11.2. The lowest BCUT2D eigenvalue weighted by molar-refractivity contribution is -0.384. The summed E-state index contributed by atoms with van der Waals surface area (Å²) in [5.74, 6) is 1.31. The zero-order chi connectivity index (χ0) is 14.0. The summed E-state index contributed by atoms with van der Waals surface area (Å²) in [6, 6.07) is 6.18. The highest BCUT2D eigenvalue weighted by Crippen LogP contribution is 2.26. The monoisotopic (exact) mass is 260 g/mol. The first-order valence-electron chi connectivity index (χ1n) is 6.05. The second-order valence-electron chi connectivity index (χ2n) is 5.67. The summed E-state index contributed by atoms with van der Waals surface area (Å²) in [4.78, 5) is 14.4. The first-order chi connectivity index (χ1) is 8.85. The standard InChI is InChI=1S/C14H16N2O3/c1-14(2,3)8-12-9-15-13(19-12)10-4-6-11(7-5-10)16(17)18/h4-7,9H,8H2,1-3H3. The fourth-order valence-corrected chi connectivity index (χ4v) is 1.77. The molecule has 2 aromatic rings. The molecular weight excluding hydrogens is 244 g/mol. The molecule has 0 radical (unpaired) electrons. The Morgan fingerprint density at radius 3 is 2.42 bits per heavy atom. The predicted molar refractivity (Wildman–Crippen MR) is 71.8 cm³/mol. The van der Waals surface area contributed by atoms with Gasteiger partial charge in [-0.15, -0.1) is 0 Å². The van der Waals surface area contributed by atoms with Crippen LogP contribution in [0.2, 0.25) is 0 Å². The molecular formula is C14H16N2O3. The van der Waals surface area contributed by atoms with E-state index >= 15 is 0 Å². The first kappa shape index (κ1) is 13.3. The van der Waals surface area contributed by atoms with Gasteiger partial charge in [-0.1, -0.05) is 20.8 Å². The van der Waals surface area contributed by atoms with E-state index in [4.69, 9.17) is 4.42 Å². The number of oxazole rings is 1. The number of nitro benzene ring substituents is 1. The number of hydrogen-bond acceptors (Lipinski definition) is 4. The van der Waals surface area contributed by atoms with E-state index < -0.39 is 4.92 Å². The van der Waals surface area contributed by atoms with Gasteiger partial charge in [0, 0.05) is 24.1 Å². The lowest BCUT2D eigenvalue weighted by atomic mass is 9.91. The Morgan fingerprint density at radius 2 is 1.89 bits per heavy atom. The average molecular weight is 260 g/mol. The van der Waals surface area contributed by atoms with Crippen LogP contribution in [0.1, 0.15) is 26.5 Å². The molecule has 1 aromatic heterocycles. The van der Waals surface area contributed by atoms with Gasteiger partial charge in [-0.05, 0) is 17.5 Å². The van der Waals surface area contributed by atoms with Crippen molar-refractivity contribution in [1.29, 1.82) is 0 Å². The van der Waals surface area contributed by atoms with E-state index in [0.29, 0.717) is 5.89 Å². The maximum absolute atomic E-state index is 10.6. The van der Waals surface area contributed by atoms with Crippen molar-refractivity contribution in [2.75, 3.05) is 0 Å². The van der Waals surface area contributed by atoms with Gasteiger partial charge in [-0.25, -0.2) is 4.98 Å². The summed E-state index contributed by atoms with van der Waals surface area (Å²) in [7, 11) is 0. The summed E-state index contributed by atoms with van der Waals surface area (Å²) >= 11 is 0. The third-order valence-corrected chi connectivity index (χ3v) is 2.58. The first-order valence-corrected chi connectivity index (χ1v) is 6.05. The molecule has 0 N–H and O–H groups in total. The average Bonchev–Trinajstić information content (AvgIpc) is 2.75. The smallest absolute Gasteiger partial charge is 0.269 e. The second kappa shape index (κ2) is 4.84. The molecule has 0 unspecified atom stereocenters. The van der Waals surface area contributed by atoms with Gasteiger partial charge in [0.05, 0.1) is 11.1 Å². The summed E-state index contributed by atoms with van der Waals surface area (Å²) in [5, 5.41) is 10.6. The van der Waals surface area contributed by atoms with Crippen LogP contribution in [0, 0.1) is 15.5 Å². The number of nitrogens with zero attached hydrogens (tertiary/aromatic N) is 2. The van der Waals surface area contributed by atoms with E-state index in [0.717, 1.165) is 17.7 Å². The van der Waals surface area contributed by atoms with Gasteiger partial charge in [0.1, 0.15) is 5.76 Å². The van der Waals surface area contributed by atoms with Crippen LogP contribution in [0.3, 0.4) is 0 Å². The molecule has 0 aliphatic carbocycles. The Hall–Kier alpha value is -2.17. The van der Waals surface area contributed by atoms with Crippen LogP contribution < -0.4 is 0 Å². The lowest BCUT2D eigenvalue weighted by Crippen LogP contribution is -2.08. The highest BCUT2D eigenvalue weighted by Gasteiger charge is 2.16. The molecule has 1 aromatic carbocycles. The fourth-order valence-electron chi connectivity index (χ4n) is 1.77. The molecule has 0 aliphatic rings. The minimum Gasteiger partial charge on any atom is -0.441 e. The highest BCUT2D eigenvalue weighted by atomic mass is 16.6. The Morgan fingerprint density at radius 1 is 1.26 bits per heavy atom. The summed E-state index contributed by atoms with van der Waals surface area (Å²) in [6.45, 7) is 6.38. The largest absolute Gasteiger partial charge is 0.441 e. The molecule has 0 fully saturated rings. The van der Waals surface area contributed by atoms with E-state index in [1.807, 2.05) is 0 Å². The molecule has 0 amide bonds. The van der Waals surface area contributed by atoms with Crippen LogP contribution >= 0.6 is 0 Å². The minimum absolute atomic E-state index is 0.0604. The van der Waals surface area contributed by atoms with Crippen molar-refractivity contribution in [3.8, 4) is 11.5 Å². The zero-order valence-corrected chi connectivity index (χ0v) is 11.2. The fraction of sp³-hybridized carbons (Fsp3) is 0.357. The van der Waals surface area contributed by atoms with Crippen molar-refractivity contribution in [1.82, 2.24) is 4.98 Å². The van der Waals surface area contributed by atoms with Crippen molar-refractivity contribution < 1.29 is 9.34 Å². The SMILES string of the molecule is CC(C)(C)Cc1cnc(-c2ccc([N+](=O)[O-])cc2)o1. The normalized spacial score (nSPS) is 11.5. The molecule has 1 heterocycles. The molecule has 0 aliphatic heterocycles. The second-order valence-corrected chi connectivity index (χ2v) is 5.67. The van der Waals surface area contributed by atoms with Gasteiger partial charge >= 0.3 is 0 Å². The van der Waals surface area contributed by atoms with Gasteiger partial charge < -0.3 is 4.42 Å². The Balaban J connectivity index is 2.20. The Kier molecular flexibility index (Phi) is 3.38. The van der Waals surface area contributed by atoms with Gasteiger partial charge in [0.25, 0.3) is 5.69 Å². The van der Waals surface area contributed by atoms with Crippen LogP contribution in [0.5, 0.6) is 0 Å². The van der Waals surface area contributed by atoms with Gasteiger partial charge in [0.2, 0.25) is 5.89 Å². The molecule has 0 atom stereocenters. The quantitative estimate of drug-likeness (QED) is 0.621. The van der Waals surface area contributed by atoms with E-state index in [1.165, 1.54) is 12.1 Å². The summed E-state index contributed by atoms with van der Waals surface area (Å²) in [5.41, 5.74) is 0.933. The van der Waals surface area contributed by atoms with E-state index in [2.05, 4.69) is 25.8 Å². The number of non-ortho nitro benzene ring substituents is 1. The summed E-state index contributed by atoms with van der Waals surface area (Å²) < 4.78 is 5.67. The number of benzene rings is 1. The third-order valence-electron chi connectivity index (χ3n) is 2.58. The summed E-state index contributed by atoms with van der Waals surface area (Å²) in [6.07, 6.45) is 2.51. The predicted octanol–water partition coefficient (Wildman–Crippen LogP) is 3.84. The Labute approximate surface area is 111 Å². The molecule has 100 valence electrons. The van der Waals surface area contributed by atoms with Crippen LogP contribution in [-0.2, 0) is 6.42 Å². The highest BCUT2D eigenvalue weighted by molar-refractivity contribution is 5.55. The van der Waals surface area contributed by atoms with Crippen LogP contribution in [0.25, 0.3) is 11.5 Å². The van der Waals surface area contributed by atoms with Gasteiger partial charge in [-0.3, -0.25) is 10.1 Å². The van der Waals surface area contributed by atoms with Crippen molar-refractivity contribution in [3.63, 3.8) is 0 Å². The van der Waals surface area contributed by atoms with Crippen LogP contribution in [0.4, 0.5) is 5.69 Å². The maximum Gasteiger partial charge on any atom is 0.269 e. The van der Waals surface area contributed by atoms with Crippen molar-refractivity contribution in [2.45, 2.75) is 27.2 Å². The van der Waals surface area contributed by atoms with Crippen LogP contribution in [-0.4, -0.2) is 9.91 Å². The van der Waals surface area contributed by atoms with Crippen LogP contribution in [0.15, 0.2) is 34.9 Å². The van der Waals surface area contributed by atoms with Crippen molar-refractivity contribution in [3.05, 3.63) is 46.3 Å². The number of rotatable bonds is 3. The molecule has 19 heavy (non-hydrogen) atoms. The molecule has 5 nitrogen and oxygen atoms in total. The topological polar surface area (TPSA) is 69.2 Å². The minimum atomic E-state index is -0.426. The van der Waals surface area contributed by atoms with E-state index in [1.54, 1.807) is 18.3 Å². The molecule has 0 bridgehead atoms. The molecule has 5 heteroatoms. The number of hydrogen-bond donors (Lipinski definition) is 0. The lowest BCUT2D eigenvalue weighted by Gasteiger charge is -2.15. The van der Waals surface area contributed by atoms with Gasteiger partial charge in [-0.2, -0.15) is 0 Å². The molecule has 0 spiro atoms. The third kappa shape index (κ3) is 3.40. The molecule has 0 saturated carbocycles. The van der Waals surface area contributed by atoms with E-state index in [9.17, 15) is 10.1 Å². The Bertz CT molecular complexity index is 579. The maximum atomic E-state index is 10.6. The van der Waals surface area contributed by atoms with Gasteiger partial charge in [0.15, 0.2) is 0 Å². The van der Waals surface area contributed by atoms with Crippen molar-refractivity contribution in [2.24, 2.45) is 5.41 Å².